The van der Waals surface area contributed by atoms with Crippen molar-refractivity contribution in [3.05, 3.63) is 60.8 Å². The Morgan fingerprint density at radius 3 is 1.43 bits per heavy atom. The third kappa shape index (κ3) is 45.5. The van der Waals surface area contributed by atoms with E-state index in [-0.39, 0.29) is 19.4 Å². The molecule has 0 aromatic heterocycles. The van der Waals surface area contributed by atoms with Gasteiger partial charge in [0.1, 0.15) is 12.7 Å². The van der Waals surface area contributed by atoms with E-state index in [9.17, 15) is 24.2 Å². The summed E-state index contributed by atoms with van der Waals surface area (Å²) >= 11 is 0. The number of unbranched alkanes of at least 4 members (excludes halogenated alkanes) is 21. The van der Waals surface area contributed by atoms with Crippen LogP contribution in [-0.2, 0) is 32.7 Å². The van der Waals surface area contributed by atoms with Crippen molar-refractivity contribution in [1.29, 1.82) is 0 Å². The van der Waals surface area contributed by atoms with Crippen molar-refractivity contribution in [3.63, 3.8) is 0 Å². The standard InChI is InChI=1S/C50H89O10P/c1-3-5-7-9-11-13-15-17-19-20-21-22-23-24-25-26-28-30-32-34-36-38-40-42-50(54)60-48(46-59-61(55,56)58-44-47(52)43-51)45-57-49(53)41-39-37-35-33-31-29-27-18-16-14-12-10-8-6-4-2/h12,14,18,26-28,31,33-34,36,47-48,51-52H,3-11,13,15-17,19-25,29-30,32,35,37-46H2,1-2H3,(H,55,56)/b14-12+,27-18+,28-26+,33-31+,36-34+/t47-,48+/m0/s1. The molecule has 0 saturated heterocycles. The second-order valence-electron chi connectivity index (χ2n) is 16.1. The molecule has 61 heavy (non-hydrogen) atoms. The lowest BCUT2D eigenvalue weighted by Gasteiger charge is -2.20. The fourth-order valence-corrected chi connectivity index (χ4v) is 7.16. The summed E-state index contributed by atoms with van der Waals surface area (Å²) in [6.07, 6.45) is 52.1. The van der Waals surface area contributed by atoms with Crippen molar-refractivity contribution in [1.82, 2.24) is 0 Å². The lowest BCUT2D eigenvalue weighted by Crippen LogP contribution is -2.29. The van der Waals surface area contributed by atoms with Gasteiger partial charge in [0.2, 0.25) is 0 Å². The van der Waals surface area contributed by atoms with Crippen LogP contribution in [0.15, 0.2) is 60.8 Å². The van der Waals surface area contributed by atoms with Crippen molar-refractivity contribution < 1.29 is 47.8 Å². The number of hydrogen-bond donors (Lipinski definition) is 3. The van der Waals surface area contributed by atoms with E-state index in [1.807, 2.05) is 0 Å². The van der Waals surface area contributed by atoms with E-state index in [1.54, 1.807) is 0 Å². The summed E-state index contributed by atoms with van der Waals surface area (Å²) in [4.78, 5) is 35.0. The molecular weight excluding hydrogens is 792 g/mol. The molecule has 0 bridgehead atoms. The number of phosphoric ester groups is 1. The van der Waals surface area contributed by atoms with Gasteiger partial charge in [-0.15, -0.1) is 0 Å². The fraction of sp³-hybridized carbons (Fsp3) is 0.760. The molecule has 0 aliphatic carbocycles. The largest absolute Gasteiger partial charge is 0.472 e. The van der Waals surface area contributed by atoms with E-state index in [0.29, 0.717) is 19.3 Å². The Morgan fingerprint density at radius 2 is 0.885 bits per heavy atom. The molecule has 0 aromatic rings. The number of carbonyl (C=O) groups is 2. The predicted octanol–water partition coefficient (Wildman–Crippen LogP) is 13.5. The highest BCUT2D eigenvalue weighted by molar-refractivity contribution is 7.47. The van der Waals surface area contributed by atoms with Crippen LogP contribution in [0.4, 0.5) is 0 Å². The van der Waals surface area contributed by atoms with Gasteiger partial charge in [-0.05, 0) is 83.5 Å². The van der Waals surface area contributed by atoms with E-state index in [0.717, 1.165) is 51.4 Å². The van der Waals surface area contributed by atoms with Crippen LogP contribution in [0.2, 0.25) is 0 Å². The highest BCUT2D eigenvalue weighted by atomic mass is 31.2. The lowest BCUT2D eigenvalue weighted by molar-refractivity contribution is -0.161. The maximum atomic E-state index is 12.6. The van der Waals surface area contributed by atoms with Crippen molar-refractivity contribution in [2.45, 2.75) is 219 Å². The molecule has 0 aliphatic rings. The van der Waals surface area contributed by atoms with Gasteiger partial charge >= 0.3 is 19.8 Å². The quantitative estimate of drug-likeness (QED) is 0.0233. The molecule has 0 aromatic carbocycles. The molecule has 11 heteroatoms. The minimum Gasteiger partial charge on any atom is -0.462 e. The molecule has 0 radical (unpaired) electrons. The van der Waals surface area contributed by atoms with Gasteiger partial charge in [-0.2, -0.15) is 0 Å². The molecule has 354 valence electrons. The van der Waals surface area contributed by atoms with Gasteiger partial charge in [0.05, 0.1) is 19.8 Å². The third-order valence-electron chi connectivity index (χ3n) is 10.1. The van der Waals surface area contributed by atoms with Gasteiger partial charge < -0.3 is 24.6 Å². The van der Waals surface area contributed by atoms with Crippen molar-refractivity contribution >= 4 is 19.8 Å². The smallest absolute Gasteiger partial charge is 0.462 e. The number of ether oxygens (including phenoxy) is 2. The Morgan fingerprint density at radius 1 is 0.492 bits per heavy atom. The topological polar surface area (TPSA) is 149 Å². The first kappa shape index (κ1) is 58.7. The van der Waals surface area contributed by atoms with Gasteiger partial charge in [0.25, 0.3) is 0 Å². The number of rotatable bonds is 45. The maximum Gasteiger partial charge on any atom is 0.472 e. The number of hydrogen-bond acceptors (Lipinski definition) is 9. The molecule has 0 aliphatic heterocycles. The maximum absolute atomic E-state index is 12.6. The average molecular weight is 881 g/mol. The first-order chi connectivity index (χ1) is 29.7. The summed E-state index contributed by atoms with van der Waals surface area (Å²) in [5, 5.41) is 18.4. The predicted molar refractivity (Wildman–Crippen MR) is 251 cm³/mol. The first-order valence-electron chi connectivity index (χ1n) is 24.2. The zero-order valence-corrected chi connectivity index (χ0v) is 39.5. The molecule has 3 N–H and O–H groups in total. The van der Waals surface area contributed by atoms with E-state index in [1.165, 1.54) is 109 Å². The van der Waals surface area contributed by atoms with E-state index in [2.05, 4.69) is 79.1 Å². The molecular formula is C50H89O10P. The molecule has 1 unspecified atom stereocenters. The Labute approximate surface area is 372 Å². The summed E-state index contributed by atoms with van der Waals surface area (Å²) in [5.74, 6) is -1.02. The second-order valence-corrected chi connectivity index (χ2v) is 17.6. The number of phosphoric acid groups is 1. The van der Waals surface area contributed by atoms with Crippen LogP contribution >= 0.6 is 7.82 Å². The molecule has 0 saturated carbocycles. The SMILES string of the molecule is CCCCC/C=C/C/C=C/C/C=C/CCCCC(=O)OC[C@H](COP(=O)(O)OC[C@@H](O)CO)OC(=O)CCC/C=C/CC/C=C/CCCCCCCCCCCCCCCC. The van der Waals surface area contributed by atoms with E-state index in [4.69, 9.17) is 19.1 Å². The van der Waals surface area contributed by atoms with Crippen LogP contribution in [0, 0.1) is 0 Å². The summed E-state index contributed by atoms with van der Waals surface area (Å²) in [5.41, 5.74) is 0. The Kier molecular flexibility index (Phi) is 43.9. The molecule has 0 spiro atoms. The Bertz CT molecular complexity index is 1200. The first-order valence-corrected chi connectivity index (χ1v) is 25.7. The molecule has 3 atom stereocenters. The molecule has 0 amide bonds. The number of carbonyl (C=O) groups excluding carboxylic acids is 2. The fourth-order valence-electron chi connectivity index (χ4n) is 6.37. The second kappa shape index (κ2) is 45.7. The van der Waals surface area contributed by atoms with Crippen LogP contribution < -0.4 is 0 Å². The van der Waals surface area contributed by atoms with Crippen LogP contribution in [0.25, 0.3) is 0 Å². The van der Waals surface area contributed by atoms with Crippen LogP contribution in [-0.4, -0.2) is 65.7 Å². The van der Waals surface area contributed by atoms with Gasteiger partial charge in [-0.25, -0.2) is 4.57 Å². The van der Waals surface area contributed by atoms with Crippen molar-refractivity contribution in [3.8, 4) is 0 Å². The molecule has 0 fully saturated rings. The van der Waals surface area contributed by atoms with Gasteiger partial charge in [0.15, 0.2) is 6.10 Å². The van der Waals surface area contributed by atoms with E-state index < -0.39 is 51.8 Å². The van der Waals surface area contributed by atoms with Crippen LogP contribution in [0.5, 0.6) is 0 Å². The van der Waals surface area contributed by atoms with E-state index >= 15 is 0 Å². The van der Waals surface area contributed by atoms with Crippen LogP contribution in [0.3, 0.4) is 0 Å². The highest BCUT2D eigenvalue weighted by Crippen LogP contribution is 2.43. The average Bonchev–Trinajstić information content (AvgIpc) is 3.25. The molecule has 0 heterocycles. The van der Waals surface area contributed by atoms with Gasteiger partial charge in [-0.3, -0.25) is 18.6 Å². The molecule has 10 nitrogen and oxygen atoms in total. The molecule has 0 rings (SSSR count). The Hall–Kier alpha value is -2.33. The zero-order valence-electron chi connectivity index (χ0n) is 38.6. The summed E-state index contributed by atoms with van der Waals surface area (Å²) < 4.78 is 32.7. The Balaban J connectivity index is 4.30. The summed E-state index contributed by atoms with van der Waals surface area (Å²) in [7, 11) is -4.64. The van der Waals surface area contributed by atoms with Gasteiger partial charge in [-0.1, -0.05) is 171 Å². The van der Waals surface area contributed by atoms with Crippen molar-refractivity contribution in [2.24, 2.45) is 0 Å². The normalized spacial score (nSPS) is 14.2. The highest BCUT2D eigenvalue weighted by Gasteiger charge is 2.27. The zero-order chi connectivity index (χ0) is 44.8. The minimum atomic E-state index is -4.64. The van der Waals surface area contributed by atoms with Gasteiger partial charge in [0, 0.05) is 12.8 Å². The number of aliphatic hydroxyl groups excluding tert-OH is 2. The number of esters is 2. The number of allylic oxidation sites excluding steroid dienone is 10. The summed E-state index contributed by atoms with van der Waals surface area (Å²) in [6, 6.07) is 0. The minimum absolute atomic E-state index is 0.114. The van der Waals surface area contributed by atoms with Crippen LogP contribution in [0.1, 0.15) is 206 Å². The lowest BCUT2D eigenvalue weighted by atomic mass is 10.0. The number of aliphatic hydroxyl groups is 2. The summed E-state index contributed by atoms with van der Waals surface area (Å²) in [6.45, 7) is 2.28. The van der Waals surface area contributed by atoms with Crippen molar-refractivity contribution in [2.75, 3.05) is 26.4 Å². The monoisotopic (exact) mass is 881 g/mol. The third-order valence-corrected chi connectivity index (χ3v) is 11.1.